The summed E-state index contributed by atoms with van der Waals surface area (Å²) >= 11 is 0. The van der Waals surface area contributed by atoms with Crippen molar-refractivity contribution < 1.29 is 18.0 Å². The van der Waals surface area contributed by atoms with Crippen molar-refractivity contribution in [3.8, 4) is 0 Å². The molecular weight excluding hydrogens is 354 g/mol. The molecule has 0 aliphatic rings. The van der Waals surface area contributed by atoms with Gasteiger partial charge >= 0.3 is 11.8 Å². The predicted octanol–water partition coefficient (Wildman–Crippen LogP) is 1.71. The number of carbonyl (C=O) groups excluding carboxylic acids is 2. The zero-order chi connectivity index (χ0) is 19.3. The van der Waals surface area contributed by atoms with Gasteiger partial charge in [-0.1, -0.05) is 38.1 Å². The van der Waals surface area contributed by atoms with Crippen molar-refractivity contribution in [1.29, 1.82) is 0 Å². The number of sulfonamides is 1. The molecule has 2 rings (SSSR count). The van der Waals surface area contributed by atoms with Crippen LogP contribution in [-0.2, 0) is 26.2 Å². The molecule has 2 amide bonds. The van der Waals surface area contributed by atoms with Crippen LogP contribution in [0.15, 0.2) is 53.4 Å². The zero-order valence-electron chi connectivity index (χ0n) is 14.5. The lowest BCUT2D eigenvalue weighted by atomic mass is 10.0. The fourth-order valence-electron chi connectivity index (χ4n) is 2.20. The molecule has 2 aromatic rings. The van der Waals surface area contributed by atoms with E-state index in [-0.39, 0.29) is 11.4 Å². The van der Waals surface area contributed by atoms with E-state index in [1.165, 1.54) is 24.3 Å². The van der Waals surface area contributed by atoms with E-state index in [0.29, 0.717) is 17.2 Å². The Morgan fingerprint density at radius 1 is 0.962 bits per heavy atom. The maximum absolute atomic E-state index is 11.9. The average molecular weight is 375 g/mol. The second kappa shape index (κ2) is 8.11. The Morgan fingerprint density at radius 3 is 2.04 bits per heavy atom. The summed E-state index contributed by atoms with van der Waals surface area (Å²) in [6, 6.07) is 13.0. The Hall–Kier alpha value is -2.71. The van der Waals surface area contributed by atoms with Gasteiger partial charge in [0.1, 0.15) is 0 Å². The molecule has 26 heavy (non-hydrogen) atoms. The van der Waals surface area contributed by atoms with Crippen LogP contribution in [0.25, 0.3) is 0 Å². The fourth-order valence-corrected chi connectivity index (χ4v) is 2.71. The van der Waals surface area contributed by atoms with Crippen molar-refractivity contribution in [2.24, 2.45) is 5.14 Å². The van der Waals surface area contributed by atoms with Gasteiger partial charge in [0.05, 0.1) is 4.90 Å². The molecule has 0 atom stereocenters. The number of benzene rings is 2. The van der Waals surface area contributed by atoms with E-state index in [4.69, 9.17) is 5.14 Å². The molecule has 0 spiro atoms. The first-order valence-corrected chi connectivity index (χ1v) is 9.52. The first-order chi connectivity index (χ1) is 12.2. The van der Waals surface area contributed by atoms with E-state index < -0.39 is 21.8 Å². The van der Waals surface area contributed by atoms with Gasteiger partial charge < -0.3 is 10.6 Å². The SMILES string of the molecule is CC(C)c1ccc(NC(=O)C(=O)NCc2ccc(S(N)(=O)=O)cc2)cc1. The first kappa shape index (κ1) is 19.6. The van der Waals surface area contributed by atoms with Gasteiger partial charge in [-0.05, 0) is 41.3 Å². The minimum Gasteiger partial charge on any atom is -0.344 e. The lowest BCUT2D eigenvalue weighted by Gasteiger charge is -2.09. The number of hydrogen-bond acceptors (Lipinski definition) is 4. The Bertz CT molecular complexity index is 889. The van der Waals surface area contributed by atoms with E-state index in [9.17, 15) is 18.0 Å². The summed E-state index contributed by atoms with van der Waals surface area (Å²) in [7, 11) is -3.76. The Balaban J connectivity index is 1.90. The molecule has 0 fully saturated rings. The van der Waals surface area contributed by atoms with Crippen molar-refractivity contribution in [2.75, 3.05) is 5.32 Å². The van der Waals surface area contributed by atoms with Crippen LogP contribution in [-0.4, -0.2) is 20.2 Å². The molecule has 0 saturated carbocycles. The lowest BCUT2D eigenvalue weighted by molar-refractivity contribution is -0.136. The minimum atomic E-state index is -3.76. The van der Waals surface area contributed by atoms with Gasteiger partial charge in [-0.3, -0.25) is 9.59 Å². The van der Waals surface area contributed by atoms with Gasteiger partial charge in [0.15, 0.2) is 0 Å². The molecule has 4 N–H and O–H groups in total. The highest BCUT2D eigenvalue weighted by molar-refractivity contribution is 7.89. The standard InChI is InChI=1S/C18H21N3O4S/c1-12(2)14-5-7-15(8-6-14)21-18(23)17(22)20-11-13-3-9-16(10-4-13)26(19,24)25/h3-10,12H,11H2,1-2H3,(H,20,22)(H,21,23)(H2,19,24,25). The van der Waals surface area contributed by atoms with Gasteiger partial charge in [-0.15, -0.1) is 0 Å². The van der Waals surface area contributed by atoms with Crippen molar-refractivity contribution in [3.63, 3.8) is 0 Å². The smallest absolute Gasteiger partial charge is 0.313 e. The second-order valence-electron chi connectivity index (χ2n) is 6.10. The molecular formula is C18H21N3O4S. The Labute approximate surface area is 152 Å². The molecule has 0 aliphatic carbocycles. The minimum absolute atomic E-state index is 0.0184. The number of carbonyl (C=O) groups is 2. The molecule has 0 aliphatic heterocycles. The first-order valence-electron chi connectivity index (χ1n) is 7.97. The number of nitrogens with two attached hydrogens (primary N) is 1. The maximum atomic E-state index is 11.9. The number of hydrogen-bond donors (Lipinski definition) is 3. The largest absolute Gasteiger partial charge is 0.344 e. The number of primary sulfonamides is 1. The monoisotopic (exact) mass is 375 g/mol. The van der Waals surface area contributed by atoms with Crippen LogP contribution in [0.2, 0.25) is 0 Å². The van der Waals surface area contributed by atoms with E-state index >= 15 is 0 Å². The van der Waals surface area contributed by atoms with Crippen molar-refractivity contribution in [2.45, 2.75) is 31.2 Å². The van der Waals surface area contributed by atoms with Crippen LogP contribution in [0.4, 0.5) is 5.69 Å². The third kappa shape index (κ3) is 5.40. The van der Waals surface area contributed by atoms with Crippen LogP contribution in [0.1, 0.15) is 30.9 Å². The van der Waals surface area contributed by atoms with Crippen LogP contribution in [0.5, 0.6) is 0 Å². The summed E-state index contributed by atoms with van der Waals surface area (Å²) in [5.74, 6) is -1.18. The molecule has 0 unspecified atom stereocenters. The van der Waals surface area contributed by atoms with Crippen molar-refractivity contribution >= 4 is 27.5 Å². The van der Waals surface area contributed by atoms with Crippen molar-refractivity contribution in [1.82, 2.24) is 5.32 Å². The molecule has 0 bridgehead atoms. The van der Waals surface area contributed by atoms with Gasteiger partial charge in [-0.2, -0.15) is 0 Å². The maximum Gasteiger partial charge on any atom is 0.313 e. The predicted molar refractivity (Wildman–Crippen MR) is 98.8 cm³/mol. The highest BCUT2D eigenvalue weighted by atomic mass is 32.2. The Morgan fingerprint density at radius 2 is 1.54 bits per heavy atom. The molecule has 138 valence electrons. The molecule has 7 nitrogen and oxygen atoms in total. The molecule has 0 heterocycles. The molecule has 0 aromatic heterocycles. The van der Waals surface area contributed by atoms with Gasteiger partial charge in [0, 0.05) is 12.2 Å². The summed E-state index contributed by atoms with van der Waals surface area (Å²) < 4.78 is 22.4. The van der Waals surface area contributed by atoms with Gasteiger partial charge in [-0.25, -0.2) is 13.6 Å². The number of anilines is 1. The molecule has 0 saturated heterocycles. The third-order valence-electron chi connectivity index (χ3n) is 3.75. The quantitative estimate of drug-likeness (QED) is 0.689. The van der Waals surface area contributed by atoms with Crippen LogP contribution in [0, 0.1) is 0 Å². The van der Waals surface area contributed by atoms with Crippen LogP contribution < -0.4 is 15.8 Å². The average Bonchev–Trinajstić information content (AvgIpc) is 2.59. The van der Waals surface area contributed by atoms with Crippen molar-refractivity contribution in [3.05, 3.63) is 59.7 Å². The number of amides is 2. The highest BCUT2D eigenvalue weighted by Gasteiger charge is 2.14. The second-order valence-corrected chi connectivity index (χ2v) is 7.66. The fraction of sp³-hybridized carbons (Fsp3) is 0.222. The van der Waals surface area contributed by atoms with E-state index in [1.807, 2.05) is 12.1 Å². The van der Waals surface area contributed by atoms with Crippen LogP contribution >= 0.6 is 0 Å². The normalized spacial score (nSPS) is 11.2. The molecule has 2 aromatic carbocycles. The lowest BCUT2D eigenvalue weighted by Crippen LogP contribution is -2.34. The summed E-state index contributed by atoms with van der Waals surface area (Å²) in [5.41, 5.74) is 2.31. The Kier molecular flexibility index (Phi) is 6.12. The zero-order valence-corrected chi connectivity index (χ0v) is 15.3. The number of rotatable bonds is 5. The highest BCUT2D eigenvalue weighted by Crippen LogP contribution is 2.17. The van der Waals surface area contributed by atoms with E-state index in [2.05, 4.69) is 24.5 Å². The van der Waals surface area contributed by atoms with Gasteiger partial charge in [0.2, 0.25) is 10.0 Å². The van der Waals surface area contributed by atoms with Gasteiger partial charge in [0.25, 0.3) is 0 Å². The summed E-state index contributed by atoms with van der Waals surface area (Å²) in [6.45, 7) is 4.22. The van der Waals surface area contributed by atoms with E-state index in [1.54, 1.807) is 12.1 Å². The molecule has 0 radical (unpaired) electrons. The number of nitrogens with one attached hydrogen (secondary N) is 2. The van der Waals surface area contributed by atoms with Crippen LogP contribution in [0.3, 0.4) is 0 Å². The topological polar surface area (TPSA) is 118 Å². The summed E-state index contributed by atoms with van der Waals surface area (Å²) in [6.07, 6.45) is 0. The molecule has 8 heteroatoms. The van der Waals surface area contributed by atoms with E-state index in [0.717, 1.165) is 5.56 Å². The summed E-state index contributed by atoms with van der Waals surface area (Å²) in [4.78, 5) is 23.8. The third-order valence-corrected chi connectivity index (χ3v) is 4.68. The summed E-state index contributed by atoms with van der Waals surface area (Å²) in [5, 5.41) is 10.0.